The molecule has 0 radical (unpaired) electrons. The van der Waals surface area contributed by atoms with Crippen molar-refractivity contribution in [3.05, 3.63) is 0 Å². The Morgan fingerprint density at radius 3 is 1.59 bits per heavy atom. The molecule has 0 amide bonds. The quantitative estimate of drug-likeness (QED) is 0.181. The Bertz CT molecular complexity index is 282. The Balaban J connectivity index is 3.10. The van der Waals surface area contributed by atoms with Gasteiger partial charge < -0.3 is 0 Å². The van der Waals surface area contributed by atoms with Gasteiger partial charge in [0.05, 0.1) is 0 Å². The molecule has 0 aromatic rings. The molecule has 0 aliphatic rings. The predicted molar refractivity (Wildman–Crippen MR) is 110 cm³/mol. The van der Waals surface area contributed by atoms with Crippen LogP contribution in [0.1, 0.15) is 84.0 Å². The highest BCUT2D eigenvalue weighted by Gasteiger charge is 2.06. The summed E-state index contributed by atoms with van der Waals surface area (Å²) >= 11 is 2.09. The molecule has 0 saturated heterocycles. The van der Waals surface area contributed by atoms with Crippen molar-refractivity contribution >= 4 is 19.8 Å². The molecule has 0 atom stereocenters. The third-order valence-electron chi connectivity index (χ3n) is 3.76. The minimum atomic E-state index is -1.13. The van der Waals surface area contributed by atoms with Crippen LogP contribution in [-0.4, -0.2) is 19.6 Å². The maximum atomic E-state index is 3.46. The number of hydrogen-bond donors (Lipinski definition) is 0. The van der Waals surface area contributed by atoms with Crippen molar-refractivity contribution in [1.82, 2.24) is 0 Å². The van der Waals surface area contributed by atoms with Gasteiger partial charge in [-0.1, -0.05) is 84.4 Å². The Hall–Kier alpha value is 0.127. The number of hydrogen-bond acceptors (Lipinski definition) is 1. The van der Waals surface area contributed by atoms with Crippen LogP contribution in [0.5, 0.6) is 0 Å². The molecule has 0 aliphatic heterocycles. The summed E-state index contributed by atoms with van der Waals surface area (Å²) in [6.45, 7) is 9.23. The van der Waals surface area contributed by atoms with E-state index in [1.165, 1.54) is 82.1 Å². The second-order valence-electron chi connectivity index (χ2n) is 7.39. The normalized spacial score (nSPS) is 11.3. The maximum absolute atomic E-state index is 3.46. The highest BCUT2D eigenvalue weighted by Crippen LogP contribution is 2.13. The van der Waals surface area contributed by atoms with E-state index in [0.717, 1.165) is 6.42 Å². The van der Waals surface area contributed by atoms with Crippen LogP contribution in [0.3, 0.4) is 0 Å². The highest BCUT2D eigenvalue weighted by molar-refractivity contribution is 7.99. The lowest BCUT2D eigenvalue weighted by atomic mass is 10.1. The van der Waals surface area contributed by atoms with Crippen molar-refractivity contribution in [2.24, 2.45) is 0 Å². The van der Waals surface area contributed by atoms with Crippen LogP contribution in [0.2, 0.25) is 19.6 Å². The summed E-state index contributed by atoms with van der Waals surface area (Å²) in [5.74, 6) is 6.04. The Labute approximate surface area is 146 Å². The smallest absolute Gasteiger partial charge is 0.129 e. The fourth-order valence-electron chi connectivity index (χ4n) is 2.48. The van der Waals surface area contributed by atoms with Crippen molar-refractivity contribution < 1.29 is 0 Å². The van der Waals surface area contributed by atoms with E-state index in [-0.39, 0.29) is 0 Å². The topological polar surface area (TPSA) is 0 Å². The first-order valence-electron chi connectivity index (χ1n) is 9.64. The lowest BCUT2D eigenvalue weighted by molar-refractivity contribution is 0.552. The summed E-state index contributed by atoms with van der Waals surface area (Å²) in [7, 11) is -1.13. The molecule has 0 fully saturated rings. The van der Waals surface area contributed by atoms with Crippen molar-refractivity contribution in [1.29, 1.82) is 0 Å². The van der Waals surface area contributed by atoms with Crippen LogP contribution < -0.4 is 0 Å². The second-order valence-corrected chi connectivity index (χ2v) is 13.5. The fourth-order valence-corrected chi connectivity index (χ4v) is 3.83. The molecule has 0 nitrogen and oxygen atoms in total. The van der Waals surface area contributed by atoms with E-state index in [2.05, 4.69) is 49.8 Å². The zero-order chi connectivity index (χ0) is 16.5. The van der Waals surface area contributed by atoms with E-state index in [1.54, 1.807) is 0 Å². The second kappa shape index (κ2) is 16.0. The molecular weight excluding hydrogens is 300 g/mol. The van der Waals surface area contributed by atoms with Gasteiger partial charge in [-0.15, -0.1) is 11.5 Å². The summed E-state index contributed by atoms with van der Waals surface area (Å²) in [4.78, 5) is 0. The zero-order valence-corrected chi connectivity index (χ0v) is 17.6. The van der Waals surface area contributed by atoms with Gasteiger partial charge in [-0.2, -0.15) is 11.8 Å². The molecule has 0 saturated carbocycles. The standard InChI is InChI=1S/C20H40SSi/c1-5-21-19-17-15-13-11-9-7-6-8-10-12-14-16-18-20-22(2,3)4/h5-17,19H2,1-4H3. The monoisotopic (exact) mass is 340 g/mol. The van der Waals surface area contributed by atoms with Gasteiger partial charge in [-0.3, -0.25) is 0 Å². The van der Waals surface area contributed by atoms with E-state index >= 15 is 0 Å². The van der Waals surface area contributed by atoms with Gasteiger partial charge >= 0.3 is 0 Å². The van der Waals surface area contributed by atoms with Crippen LogP contribution in [0, 0.1) is 11.5 Å². The molecule has 0 bridgehead atoms. The summed E-state index contributed by atoms with van der Waals surface area (Å²) in [6.07, 6.45) is 16.8. The van der Waals surface area contributed by atoms with Crippen molar-refractivity contribution in [2.45, 2.75) is 104 Å². The van der Waals surface area contributed by atoms with Gasteiger partial charge in [-0.25, -0.2) is 0 Å². The van der Waals surface area contributed by atoms with E-state index < -0.39 is 8.07 Å². The first-order valence-corrected chi connectivity index (χ1v) is 14.3. The first-order chi connectivity index (χ1) is 10.6. The van der Waals surface area contributed by atoms with Crippen LogP contribution in [0.15, 0.2) is 0 Å². The SMILES string of the molecule is CCSCCCCCCCCCCCCCC#C[Si](C)(C)C. The molecular formula is C20H40SSi. The average Bonchev–Trinajstić information content (AvgIpc) is 2.45. The van der Waals surface area contributed by atoms with E-state index in [0.29, 0.717) is 0 Å². The summed E-state index contributed by atoms with van der Waals surface area (Å²) in [6, 6.07) is 0. The van der Waals surface area contributed by atoms with Gasteiger partial charge in [0.15, 0.2) is 0 Å². The maximum Gasteiger partial charge on any atom is 0.129 e. The number of unbranched alkanes of at least 4 members (excludes halogenated alkanes) is 11. The van der Waals surface area contributed by atoms with Crippen molar-refractivity contribution in [3.8, 4) is 11.5 Å². The molecule has 0 unspecified atom stereocenters. The number of thioether (sulfide) groups is 1. The largest absolute Gasteiger partial charge is 0.162 e. The van der Waals surface area contributed by atoms with E-state index in [9.17, 15) is 0 Å². The Morgan fingerprint density at radius 2 is 1.14 bits per heavy atom. The molecule has 0 aliphatic carbocycles. The average molecular weight is 341 g/mol. The van der Waals surface area contributed by atoms with Crippen molar-refractivity contribution in [3.63, 3.8) is 0 Å². The molecule has 0 spiro atoms. The minimum Gasteiger partial charge on any atom is -0.162 e. The van der Waals surface area contributed by atoms with Gasteiger partial charge in [0.25, 0.3) is 0 Å². The Kier molecular flexibility index (Phi) is 16.1. The fraction of sp³-hybridized carbons (Fsp3) is 0.900. The van der Waals surface area contributed by atoms with Crippen LogP contribution in [0.25, 0.3) is 0 Å². The van der Waals surface area contributed by atoms with Gasteiger partial charge in [0.2, 0.25) is 0 Å². The molecule has 0 aromatic heterocycles. The van der Waals surface area contributed by atoms with Crippen LogP contribution >= 0.6 is 11.8 Å². The van der Waals surface area contributed by atoms with E-state index in [1.807, 2.05) is 0 Å². The molecule has 22 heavy (non-hydrogen) atoms. The molecule has 0 rings (SSSR count). The van der Waals surface area contributed by atoms with Crippen LogP contribution in [0.4, 0.5) is 0 Å². The summed E-state index contributed by atoms with van der Waals surface area (Å²) in [5.41, 5.74) is 3.46. The lowest BCUT2D eigenvalue weighted by Crippen LogP contribution is -2.16. The van der Waals surface area contributed by atoms with Gasteiger partial charge in [0.1, 0.15) is 8.07 Å². The zero-order valence-electron chi connectivity index (χ0n) is 15.8. The summed E-state index contributed by atoms with van der Waals surface area (Å²) in [5, 5.41) is 0. The molecule has 0 heterocycles. The molecule has 0 N–H and O–H groups in total. The first kappa shape index (κ1) is 22.1. The molecule has 2 heteroatoms. The highest BCUT2D eigenvalue weighted by atomic mass is 32.2. The van der Waals surface area contributed by atoms with Gasteiger partial charge in [0, 0.05) is 6.42 Å². The van der Waals surface area contributed by atoms with Crippen LogP contribution in [-0.2, 0) is 0 Å². The molecule has 130 valence electrons. The lowest BCUT2D eigenvalue weighted by Gasteiger charge is -2.04. The van der Waals surface area contributed by atoms with E-state index in [4.69, 9.17) is 0 Å². The third-order valence-corrected chi connectivity index (χ3v) is 5.67. The minimum absolute atomic E-state index is 1.13. The summed E-state index contributed by atoms with van der Waals surface area (Å²) < 4.78 is 0. The van der Waals surface area contributed by atoms with Gasteiger partial charge in [-0.05, 0) is 24.3 Å². The predicted octanol–water partition coefficient (Wildman–Crippen LogP) is 7.30. The van der Waals surface area contributed by atoms with Crippen molar-refractivity contribution in [2.75, 3.05) is 11.5 Å². The molecule has 0 aromatic carbocycles. The number of rotatable bonds is 14. The Morgan fingerprint density at radius 1 is 0.682 bits per heavy atom. The third kappa shape index (κ3) is 20.1.